The Morgan fingerprint density at radius 3 is 2.40 bits per heavy atom. The summed E-state index contributed by atoms with van der Waals surface area (Å²) in [4.78, 5) is 26.2. The number of hydrogen-bond donors (Lipinski definition) is 2. The molecule has 0 aliphatic carbocycles. The topological polar surface area (TPSA) is 75.4 Å². The molecule has 1 heterocycles. The third kappa shape index (κ3) is 3.43. The van der Waals surface area contributed by atoms with Gasteiger partial charge in [-0.2, -0.15) is 0 Å². The van der Waals surface area contributed by atoms with E-state index in [9.17, 15) is 9.59 Å². The van der Waals surface area contributed by atoms with Crippen LogP contribution >= 0.6 is 0 Å². The SMILES string of the molecule is CC(C)(N)CN(C(=O)c1ccccc1)C(=O)C1CCN1. The van der Waals surface area contributed by atoms with E-state index in [4.69, 9.17) is 5.73 Å². The van der Waals surface area contributed by atoms with Gasteiger partial charge in [-0.25, -0.2) is 0 Å². The van der Waals surface area contributed by atoms with Gasteiger partial charge in [-0.1, -0.05) is 18.2 Å². The number of imide groups is 1. The van der Waals surface area contributed by atoms with Crippen molar-refractivity contribution in [2.45, 2.75) is 31.8 Å². The molecule has 1 aromatic carbocycles. The largest absolute Gasteiger partial charge is 0.324 e. The second kappa shape index (κ2) is 5.73. The highest BCUT2D eigenvalue weighted by atomic mass is 16.2. The van der Waals surface area contributed by atoms with Crippen molar-refractivity contribution < 1.29 is 9.59 Å². The Hall–Kier alpha value is -1.72. The molecule has 20 heavy (non-hydrogen) atoms. The maximum atomic E-state index is 12.5. The van der Waals surface area contributed by atoms with Crippen molar-refractivity contribution in [3.63, 3.8) is 0 Å². The lowest BCUT2D eigenvalue weighted by Gasteiger charge is -2.34. The predicted octanol–water partition coefficient (Wildman–Crippen LogP) is 0.755. The molecule has 3 N–H and O–H groups in total. The summed E-state index contributed by atoms with van der Waals surface area (Å²) in [7, 11) is 0. The van der Waals surface area contributed by atoms with Crippen LogP contribution in [0.25, 0.3) is 0 Å². The molecule has 2 amide bonds. The van der Waals surface area contributed by atoms with Crippen molar-refractivity contribution in [3.8, 4) is 0 Å². The van der Waals surface area contributed by atoms with Crippen LogP contribution in [0.5, 0.6) is 0 Å². The van der Waals surface area contributed by atoms with Gasteiger partial charge in [-0.05, 0) is 38.9 Å². The van der Waals surface area contributed by atoms with E-state index in [-0.39, 0.29) is 24.4 Å². The first-order valence-electron chi connectivity index (χ1n) is 6.81. The van der Waals surface area contributed by atoms with Gasteiger partial charge >= 0.3 is 0 Å². The number of nitrogens with one attached hydrogen (secondary N) is 1. The molecule has 0 radical (unpaired) electrons. The highest BCUT2D eigenvalue weighted by Crippen LogP contribution is 2.14. The van der Waals surface area contributed by atoms with E-state index >= 15 is 0 Å². The molecule has 1 saturated heterocycles. The van der Waals surface area contributed by atoms with Crippen LogP contribution in [0.3, 0.4) is 0 Å². The van der Waals surface area contributed by atoms with E-state index in [1.165, 1.54) is 4.90 Å². The van der Waals surface area contributed by atoms with Gasteiger partial charge in [0.2, 0.25) is 5.91 Å². The predicted molar refractivity (Wildman–Crippen MR) is 77.2 cm³/mol. The number of nitrogens with two attached hydrogens (primary N) is 1. The fourth-order valence-corrected chi connectivity index (χ4v) is 2.08. The summed E-state index contributed by atoms with van der Waals surface area (Å²) in [6.07, 6.45) is 0.766. The minimum Gasteiger partial charge on any atom is -0.324 e. The lowest BCUT2D eigenvalue weighted by atomic mass is 10.0. The molecule has 1 aliphatic heterocycles. The maximum Gasteiger partial charge on any atom is 0.260 e. The molecule has 1 aromatic rings. The first kappa shape index (κ1) is 14.7. The minimum absolute atomic E-state index is 0.191. The Labute approximate surface area is 119 Å². The third-order valence-corrected chi connectivity index (χ3v) is 3.22. The smallest absolute Gasteiger partial charge is 0.260 e. The van der Waals surface area contributed by atoms with E-state index in [0.717, 1.165) is 13.0 Å². The van der Waals surface area contributed by atoms with E-state index in [1.54, 1.807) is 38.1 Å². The normalized spacial score (nSPS) is 18.2. The summed E-state index contributed by atoms with van der Waals surface area (Å²) >= 11 is 0. The summed E-state index contributed by atoms with van der Waals surface area (Å²) < 4.78 is 0. The number of amides is 2. The molecular formula is C15H21N3O2. The summed E-state index contributed by atoms with van der Waals surface area (Å²) in [5.74, 6) is -0.480. The molecule has 5 heteroatoms. The summed E-state index contributed by atoms with van der Waals surface area (Å²) in [6.45, 7) is 4.63. The lowest BCUT2D eigenvalue weighted by molar-refractivity contribution is -0.133. The van der Waals surface area contributed by atoms with Gasteiger partial charge in [0, 0.05) is 17.6 Å². The molecule has 0 saturated carbocycles. The zero-order chi connectivity index (χ0) is 14.8. The zero-order valence-corrected chi connectivity index (χ0v) is 11.9. The summed E-state index contributed by atoms with van der Waals surface area (Å²) in [5, 5.41) is 3.03. The van der Waals surface area contributed by atoms with Crippen molar-refractivity contribution in [1.29, 1.82) is 0 Å². The number of carbonyl (C=O) groups is 2. The van der Waals surface area contributed by atoms with Crippen LogP contribution in [0.1, 0.15) is 30.6 Å². The Balaban J connectivity index is 2.21. The van der Waals surface area contributed by atoms with Crippen molar-refractivity contribution in [1.82, 2.24) is 10.2 Å². The molecule has 1 atom stereocenters. The van der Waals surface area contributed by atoms with Crippen LogP contribution in [0.4, 0.5) is 0 Å². The average molecular weight is 275 g/mol. The molecule has 2 rings (SSSR count). The van der Waals surface area contributed by atoms with Crippen molar-refractivity contribution in [3.05, 3.63) is 35.9 Å². The number of nitrogens with zero attached hydrogens (tertiary/aromatic N) is 1. The van der Waals surface area contributed by atoms with Gasteiger partial charge in [0.05, 0.1) is 6.04 Å². The standard InChI is InChI=1S/C15H21N3O2/c1-15(2,16)10-18(14(20)12-8-9-17-12)13(19)11-6-4-3-5-7-11/h3-7,12,17H,8-10,16H2,1-2H3. The maximum absolute atomic E-state index is 12.5. The molecule has 5 nitrogen and oxygen atoms in total. The molecular weight excluding hydrogens is 254 g/mol. The highest BCUT2D eigenvalue weighted by molar-refractivity contribution is 6.06. The first-order chi connectivity index (χ1) is 9.38. The number of rotatable bonds is 4. The molecule has 0 bridgehead atoms. The Bertz CT molecular complexity index is 490. The van der Waals surface area contributed by atoms with Gasteiger partial charge in [0.1, 0.15) is 0 Å². The molecule has 108 valence electrons. The van der Waals surface area contributed by atoms with Gasteiger partial charge in [-0.3, -0.25) is 14.5 Å². The second-order valence-corrected chi connectivity index (χ2v) is 5.88. The van der Waals surface area contributed by atoms with Gasteiger partial charge in [0.15, 0.2) is 0 Å². The highest BCUT2D eigenvalue weighted by Gasteiger charge is 2.34. The quantitative estimate of drug-likeness (QED) is 0.795. The van der Waals surface area contributed by atoms with Gasteiger partial charge in [0.25, 0.3) is 5.91 Å². The van der Waals surface area contributed by atoms with E-state index in [2.05, 4.69) is 5.32 Å². The molecule has 1 unspecified atom stereocenters. The first-order valence-corrected chi connectivity index (χ1v) is 6.81. The fraction of sp³-hybridized carbons (Fsp3) is 0.467. The van der Waals surface area contributed by atoms with Crippen molar-refractivity contribution >= 4 is 11.8 Å². The fourth-order valence-electron chi connectivity index (χ4n) is 2.08. The minimum atomic E-state index is -0.621. The monoisotopic (exact) mass is 275 g/mol. The summed E-state index contributed by atoms with van der Waals surface area (Å²) in [5.41, 5.74) is 5.87. The van der Waals surface area contributed by atoms with E-state index in [0.29, 0.717) is 5.56 Å². The van der Waals surface area contributed by atoms with E-state index in [1.807, 2.05) is 6.07 Å². The number of carbonyl (C=O) groups excluding carboxylic acids is 2. The van der Waals surface area contributed by atoms with Crippen LogP contribution in [-0.2, 0) is 4.79 Å². The Morgan fingerprint density at radius 1 is 1.35 bits per heavy atom. The van der Waals surface area contributed by atoms with Gasteiger partial charge < -0.3 is 11.1 Å². The van der Waals surface area contributed by atoms with Crippen LogP contribution in [0.2, 0.25) is 0 Å². The molecule has 1 aliphatic rings. The molecule has 0 aromatic heterocycles. The van der Waals surface area contributed by atoms with Crippen LogP contribution < -0.4 is 11.1 Å². The molecule has 1 fully saturated rings. The average Bonchev–Trinajstić information content (AvgIpc) is 2.33. The zero-order valence-electron chi connectivity index (χ0n) is 11.9. The number of benzene rings is 1. The number of hydrogen-bond acceptors (Lipinski definition) is 4. The lowest BCUT2D eigenvalue weighted by Crippen LogP contribution is -2.59. The van der Waals surface area contributed by atoms with Crippen molar-refractivity contribution in [2.24, 2.45) is 5.73 Å². The third-order valence-electron chi connectivity index (χ3n) is 3.22. The second-order valence-electron chi connectivity index (χ2n) is 5.88. The Kier molecular flexibility index (Phi) is 4.20. The van der Waals surface area contributed by atoms with Crippen LogP contribution in [-0.4, -0.2) is 41.4 Å². The van der Waals surface area contributed by atoms with E-state index < -0.39 is 5.54 Å². The molecule has 0 spiro atoms. The van der Waals surface area contributed by atoms with Crippen LogP contribution in [0.15, 0.2) is 30.3 Å². The Morgan fingerprint density at radius 2 is 1.95 bits per heavy atom. The van der Waals surface area contributed by atoms with Crippen molar-refractivity contribution in [2.75, 3.05) is 13.1 Å². The van der Waals surface area contributed by atoms with Crippen LogP contribution in [0, 0.1) is 0 Å². The van der Waals surface area contributed by atoms with Gasteiger partial charge in [-0.15, -0.1) is 0 Å². The summed E-state index contributed by atoms with van der Waals surface area (Å²) in [6, 6.07) is 8.56.